The fraction of sp³-hybridized carbons (Fsp3) is 0.481. The van der Waals surface area contributed by atoms with Gasteiger partial charge in [-0.05, 0) is 121 Å². The summed E-state index contributed by atoms with van der Waals surface area (Å²) in [6.45, 7) is 13.8. The van der Waals surface area contributed by atoms with Crippen molar-refractivity contribution in [3.63, 3.8) is 0 Å². The van der Waals surface area contributed by atoms with Crippen LogP contribution in [0.3, 0.4) is 0 Å². The average Bonchev–Trinajstić information content (AvgIpc) is 1.68. The molecule has 0 spiro atoms. The average molecular weight is 1450 g/mol. The minimum absolute atomic E-state index is 0.0218. The smallest absolute Gasteiger partial charge is 0.326 e. The number of nitrogens with one attached hydrogen (secondary N) is 8. The Morgan fingerprint density at radius 2 is 1.03 bits per heavy atom. The number of amides is 8. The van der Waals surface area contributed by atoms with Gasteiger partial charge in [-0.3, -0.25) is 43.0 Å². The van der Waals surface area contributed by atoms with Crippen LogP contribution < -0.4 is 47.3 Å². The van der Waals surface area contributed by atoms with Gasteiger partial charge in [0.05, 0.1) is 43.7 Å². The molecule has 2 unspecified atom stereocenters. The number of carboxylic acid groups (broad SMARTS) is 2. The van der Waals surface area contributed by atoms with Crippen LogP contribution in [0.2, 0.25) is 0 Å². The summed E-state index contributed by atoms with van der Waals surface area (Å²) < 4.78 is 20.4. The number of aryl methyl sites for hydroxylation is 1. The number of likely N-dealkylation sites (tertiary alicyclic amines) is 2. The van der Waals surface area contributed by atoms with E-state index in [0.29, 0.717) is 22.4 Å². The number of fused-ring (bicyclic) bond motifs is 23. The van der Waals surface area contributed by atoms with Crippen LogP contribution in [0.15, 0.2) is 128 Å². The van der Waals surface area contributed by atoms with Gasteiger partial charge in [0.15, 0.2) is 0 Å². The van der Waals surface area contributed by atoms with E-state index in [1.54, 1.807) is 118 Å². The number of ether oxygens (including phenoxy) is 3. The first kappa shape index (κ1) is 79.0. The van der Waals surface area contributed by atoms with Crippen LogP contribution in [0.5, 0.6) is 5.75 Å². The molecule has 5 aromatic carbocycles. The second kappa shape index (κ2) is 35.5. The molecule has 2 fully saturated rings. The number of aliphatic carboxylic acids is 2. The highest BCUT2D eigenvalue weighted by atomic mass is 16.5. The molecular weight excluding hydrogens is 1350 g/mol. The standard InChI is InChI=1S/C77H99N13O15/c1-45(78-9)66(91)84-64(76(3,4)5)72(97)89-34-31-60-62(89)70(95)81-57(41-48-23-27-50-18-11-13-20-52(50)38-48)68(93)80-56(74(99)100)22-17-33-88-43-54(86-87-88)44-105-61-32-35-90(73(98)65(77(6,7)8)85-67(92)46(2)79-10)63(61)71(96)82-58(42-49-24-28-51-19-12-14-21-53(51)39-49)69(94)83-59(75(101)102)40-47-25-29-55(30-26-47)103-36-15-16-37-104-60/h11-16,18-21,23-30,38-39,43,45-46,56-65,78-79H,17,22,31-37,40-42,44H2,1-10H3,(H,80,93)(H,81,95)(H,82,96)(H,83,94)(H,84,91)(H,85,92)(H,99,100)(H,101,102)/b16-15+/t45-,46-,56-,57-,58-,59-,60-,61?,62?,63-,64+,65+/m0/s1. The molecule has 4 aliphatic rings. The Bertz CT molecular complexity index is 4130. The number of nitrogens with zero attached hydrogens (tertiary/aromatic N) is 5. The van der Waals surface area contributed by atoms with Crippen molar-refractivity contribution in [1.29, 1.82) is 0 Å². The maximum atomic E-state index is 15.4. The van der Waals surface area contributed by atoms with Crippen LogP contribution in [-0.2, 0) is 89.8 Å². The normalized spacial score (nSPS) is 23.1. The van der Waals surface area contributed by atoms with E-state index < -0.39 is 143 Å². The summed E-state index contributed by atoms with van der Waals surface area (Å²) in [5.41, 5.74) is 0.318. The van der Waals surface area contributed by atoms with E-state index in [1.807, 2.05) is 78.9 Å². The molecule has 0 saturated carbocycles. The molecule has 0 radical (unpaired) electrons. The maximum Gasteiger partial charge on any atom is 0.326 e. The monoisotopic (exact) mass is 1450 g/mol. The van der Waals surface area contributed by atoms with Gasteiger partial charge >= 0.3 is 11.9 Å². The van der Waals surface area contributed by atoms with Crippen molar-refractivity contribution in [2.45, 2.75) is 186 Å². The van der Waals surface area contributed by atoms with Crippen LogP contribution >= 0.6 is 0 Å². The lowest BCUT2D eigenvalue weighted by Gasteiger charge is -2.37. The number of rotatable bonds is 14. The molecule has 4 aliphatic heterocycles. The maximum absolute atomic E-state index is 15.4. The van der Waals surface area contributed by atoms with Crippen molar-refractivity contribution in [2.24, 2.45) is 10.8 Å². The summed E-state index contributed by atoms with van der Waals surface area (Å²) in [4.78, 5) is 146. The predicted octanol–water partition coefficient (Wildman–Crippen LogP) is 3.90. The molecule has 28 nitrogen and oxygen atoms in total. The number of hydrogen-bond donors (Lipinski definition) is 10. The van der Waals surface area contributed by atoms with E-state index in [1.165, 1.54) is 14.5 Å². The Morgan fingerprint density at radius 3 is 1.50 bits per heavy atom. The summed E-state index contributed by atoms with van der Waals surface area (Å²) in [7, 11) is 3.22. The Hall–Kier alpha value is -10.2. The molecule has 105 heavy (non-hydrogen) atoms. The Balaban J connectivity index is 1.04. The summed E-state index contributed by atoms with van der Waals surface area (Å²) in [6.07, 6.45) is 2.83. The van der Waals surface area contributed by atoms with E-state index in [-0.39, 0.29) is 90.1 Å². The van der Waals surface area contributed by atoms with Gasteiger partial charge in [-0.15, -0.1) is 5.10 Å². The quantitative estimate of drug-likeness (QED) is 0.0691. The number of likely N-dealkylation sites (N-methyl/N-ethyl adjacent to an activating group) is 2. The third-order valence-corrected chi connectivity index (χ3v) is 19.4. The summed E-state index contributed by atoms with van der Waals surface area (Å²) in [6, 6.07) is 20.7. The van der Waals surface area contributed by atoms with E-state index in [2.05, 4.69) is 52.8 Å². The van der Waals surface area contributed by atoms with Gasteiger partial charge in [0.25, 0.3) is 0 Å². The lowest BCUT2D eigenvalue weighted by molar-refractivity contribution is -0.147. The lowest BCUT2D eigenvalue weighted by Crippen LogP contribution is -2.62. The molecule has 562 valence electrons. The molecule has 1 aromatic heterocycles. The molecule has 4 bridgehead atoms. The van der Waals surface area contributed by atoms with E-state index >= 15 is 14.4 Å². The first-order valence-corrected chi connectivity index (χ1v) is 35.7. The molecule has 8 amide bonds. The number of benzene rings is 5. The van der Waals surface area contributed by atoms with E-state index in [9.17, 15) is 43.8 Å². The largest absolute Gasteiger partial charge is 0.490 e. The summed E-state index contributed by atoms with van der Waals surface area (Å²) in [5, 5.41) is 56.2. The topological polar surface area (TPSA) is 372 Å². The van der Waals surface area contributed by atoms with Crippen LogP contribution in [0.4, 0.5) is 0 Å². The first-order chi connectivity index (χ1) is 50.0. The molecule has 6 aromatic rings. The predicted molar refractivity (Wildman–Crippen MR) is 391 cm³/mol. The molecule has 0 aliphatic carbocycles. The zero-order valence-electron chi connectivity index (χ0n) is 61.2. The summed E-state index contributed by atoms with van der Waals surface area (Å²) >= 11 is 0. The van der Waals surface area contributed by atoms with E-state index in [0.717, 1.165) is 21.5 Å². The molecule has 28 heteroatoms. The van der Waals surface area contributed by atoms with Crippen molar-refractivity contribution < 1.29 is 72.4 Å². The third kappa shape index (κ3) is 20.8. The van der Waals surface area contributed by atoms with Crippen molar-refractivity contribution in [3.05, 3.63) is 150 Å². The van der Waals surface area contributed by atoms with Crippen LogP contribution in [0, 0.1) is 10.8 Å². The fourth-order valence-electron chi connectivity index (χ4n) is 13.1. The molecule has 2 saturated heterocycles. The Labute approximate surface area is 610 Å². The van der Waals surface area contributed by atoms with Crippen LogP contribution in [-0.4, -0.2) is 207 Å². The molecule has 10 N–H and O–H groups in total. The molecular formula is C77H99N13O15. The van der Waals surface area contributed by atoms with Gasteiger partial charge in [-0.25, -0.2) is 9.59 Å². The number of carbonyl (C=O) groups is 10. The van der Waals surface area contributed by atoms with Gasteiger partial charge < -0.3 is 76.8 Å². The SMILES string of the molecule is CN[C@@H](C)C(=O)N[C@H](C(=O)N1CC[C@@H]2OC/C=C/COc3ccc(cc3)C[C@@H](C(=O)O)NC(=O)[C@H](Cc3ccc4ccccc4c3)NC(=O)[C@@H]3C(CCN3C(=O)[C@@H](NC(=O)[C@H](C)NC)C(C)(C)C)OCc3cn(nn3)CCC[C@@H](C(=O)O)NC(=O)[C@H](Cc3ccc4ccccc4c3)NC(=O)C21)C(C)(C)C. The van der Waals surface area contributed by atoms with Gasteiger partial charge in [0.1, 0.15) is 66.4 Å². The second-order valence-corrected chi connectivity index (χ2v) is 29.3. The minimum atomic E-state index is -1.50. The minimum Gasteiger partial charge on any atom is -0.490 e. The highest BCUT2D eigenvalue weighted by molar-refractivity contribution is 5.99. The zero-order valence-corrected chi connectivity index (χ0v) is 61.2. The third-order valence-electron chi connectivity index (χ3n) is 19.4. The van der Waals surface area contributed by atoms with Crippen molar-refractivity contribution in [1.82, 2.24) is 67.3 Å². The van der Waals surface area contributed by atoms with Crippen molar-refractivity contribution >= 4 is 80.7 Å². The fourth-order valence-corrected chi connectivity index (χ4v) is 13.1. The summed E-state index contributed by atoms with van der Waals surface area (Å²) in [5.74, 6) is -7.59. The number of carboxylic acids is 2. The highest BCUT2D eigenvalue weighted by Crippen LogP contribution is 2.31. The number of aromatic nitrogens is 3. The Morgan fingerprint density at radius 1 is 0.562 bits per heavy atom. The first-order valence-electron chi connectivity index (χ1n) is 35.7. The van der Waals surface area contributed by atoms with Crippen LogP contribution in [0.25, 0.3) is 21.5 Å². The Kier molecular flexibility index (Phi) is 26.7. The van der Waals surface area contributed by atoms with Gasteiger partial charge in [0.2, 0.25) is 47.3 Å². The highest BCUT2D eigenvalue weighted by Gasteiger charge is 2.50. The molecule has 10 rings (SSSR count). The number of hydrogen-bond acceptors (Lipinski definition) is 17. The second-order valence-electron chi connectivity index (χ2n) is 29.3. The van der Waals surface area contributed by atoms with Crippen molar-refractivity contribution in [3.8, 4) is 5.75 Å². The lowest BCUT2D eigenvalue weighted by atomic mass is 9.85. The van der Waals surface area contributed by atoms with Gasteiger partial charge in [-0.2, -0.15) is 0 Å². The van der Waals surface area contributed by atoms with Crippen molar-refractivity contribution in [2.75, 3.05) is 40.4 Å². The molecule has 5 heterocycles. The van der Waals surface area contributed by atoms with Gasteiger partial charge in [-0.1, -0.05) is 150 Å². The van der Waals surface area contributed by atoms with E-state index in [4.69, 9.17) is 14.2 Å². The van der Waals surface area contributed by atoms with Crippen LogP contribution in [0.1, 0.15) is 103 Å². The zero-order chi connectivity index (χ0) is 75.9. The number of carbonyl (C=O) groups excluding carboxylic acids is 8. The van der Waals surface area contributed by atoms with Gasteiger partial charge in [0, 0.05) is 38.9 Å². The molecule has 12 atom stereocenters.